The van der Waals surface area contributed by atoms with Gasteiger partial charge < -0.3 is 0 Å². The number of benzene rings is 1. The summed E-state index contributed by atoms with van der Waals surface area (Å²) in [5.74, 6) is 0. The average molecular weight is 279 g/mol. The second kappa shape index (κ2) is 5.46. The van der Waals surface area contributed by atoms with Crippen molar-refractivity contribution < 1.29 is 0 Å². The van der Waals surface area contributed by atoms with Gasteiger partial charge in [-0.25, -0.2) is 0 Å². The summed E-state index contributed by atoms with van der Waals surface area (Å²) >= 11 is 8.17. The van der Waals surface area contributed by atoms with E-state index in [1.807, 2.05) is 0 Å². The Morgan fingerprint density at radius 2 is 1.78 bits per heavy atom. The molecule has 0 N–H and O–H groups in total. The third-order valence-corrected chi connectivity index (χ3v) is 4.91. The van der Waals surface area contributed by atoms with E-state index >= 15 is 0 Å². The third kappa shape index (κ3) is 2.78. The molecule has 0 aliphatic heterocycles. The van der Waals surface area contributed by atoms with E-state index < -0.39 is 0 Å². The second-order valence-corrected chi connectivity index (χ2v) is 6.50. The highest BCUT2D eigenvalue weighted by Crippen LogP contribution is 2.32. The summed E-state index contributed by atoms with van der Waals surface area (Å²) in [5, 5.41) is 4.15. The van der Waals surface area contributed by atoms with Gasteiger partial charge in [-0.3, -0.25) is 0 Å². The van der Waals surface area contributed by atoms with Crippen molar-refractivity contribution in [2.45, 2.75) is 38.0 Å². The maximum absolute atomic E-state index is 6.48. The molecule has 0 nitrogen and oxygen atoms in total. The lowest BCUT2D eigenvalue weighted by atomic mass is 9.82. The Labute approximate surface area is 119 Å². The maximum Gasteiger partial charge on any atom is 0.0843 e. The predicted octanol–water partition coefficient (Wildman–Crippen LogP) is 5.76. The molecule has 0 aliphatic rings. The molecule has 2 rings (SSSR count). The Morgan fingerprint density at radius 1 is 1.11 bits per heavy atom. The van der Waals surface area contributed by atoms with Gasteiger partial charge in [0.2, 0.25) is 0 Å². The third-order valence-electron chi connectivity index (χ3n) is 3.70. The molecule has 96 valence electrons. The predicted molar refractivity (Wildman–Crippen MR) is 81.8 cm³/mol. The summed E-state index contributed by atoms with van der Waals surface area (Å²) in [6.07, 6.45) is 1.14. The molecule has 1 aromatic heterocycles. The number of halogens is 1. The topological polar surface area (TPSA) is 0 Å². The number of thiophene rings is 1. The first-order chi connectivity index (χ1) is 8.54. The zero-order chi connectivity index (χ0) is 13.2. The molecule has 0 radical (unpaired) electrons. The summed E-state index contributed by atoms with van der Waals surface area (Å²) in [6.45, 7) is 6.78. The van der Waals surface area contributed by atoms with Crippen molar-refractivity contribution in [2.24, 2.45) is 0 Å². The van der Waals surface area contributed by atoms with Gasteiger partial charge >= 0.3 is 0 Å². The molecule has 1 atom stereocenters. The molecule has 2 heteroatoms. The average Bonchev–Trinajstić information content (AvgIpc) is 2.92. The second-order valence-electron chi connectivity index (χ2n) is 5.28. The molecule has 1 unspecified atom stereocenters. The molecule has 0 spiro atoms. The van der Waals surface area contributed by atoms with Gasteiger partial charge in [-0.1, -0.05) is 45.0 Å². The van der Waals surface area contributed by atoms with E-state index in [0.29, 0.717) is 0 Å². The van der Waals surface area contributed by atoms with Crippen LogP contribution < -0.4 is 0 Å². The van der Waals surface area contributed by atoms with Crippen molar-refractivity contribution in [3.05, 3.63) is 57.8 Å². The maximum atomic E-state index is 6.48. The van der Waals surface area contributed by atoms with Crippen LogP contribution >= 0.6 is 22.9 Å². The largest absolute Gasteiger partial charge is 0.152 e. The molecule has 1 heterocycles. The quantitative estimate of drug-likeness (QED) is 0.623. The summed E-state index contributed by atoms with van der Waals surface area (Å²) in [6, 6.07) is 10.8. The monoisotopic (exact) mass is 278 g/mol. The van der Waals surface area contributed by atoms with Gasteiger partial charge in [0.15, 0.2) is 0 Å². The van der Waals surface area contributed by atoms with Crippen molar-refractivity contribution in [1.29, 1.82) is 0 Å². The number of hydrogen-bond donors (Lipinski definition) is 0. The van der Waals surface area contributed by atoms with Crippen LogP contribution in [0.2, 0.25) is 0 Å². The van der Waals surface area contributed by atoms with Gasteiger partial charge in [-0.2, -0.15) is 11.3 Å². The van der Waals surface area contributed by atoms with Crippen molar-refractivity contribution >= 4 is 22.9 Å². The lowest BCUT2D eigenvalue weighted by Gasteiger charge is -2.23. The molecule has 2 aromatic rings. The zero-order valence-electron chi connectivity index (χ0n) is 11.1. The van der Waals surface area contributed by atoms with E-state index in [1.165, 1.54) is 16.7 Å². The molecule has 0 saturated heterocycles. The van der Waals surface area contributed by atoms with Gasteiger partial charge in [0.25, 0.3) is 0 Å². The Bertz CT molecular complexity index is 482. The number of alkyl halides is 1. The minimum atomic E-state index is -0.0324. The van der Waals surface area contributed by atoms with Crippen LogP contribution in [0.3, 0.4) is 0 Å². The standard InChI is InChI=1S/C16H19ClS/c1-4-16(2,3)14-7-5-12(6-8-14)15(17)13-9-10-18-11-13/h5-11,15H,4H2,1-3H3. The minimum absolute atomic E-state index is 0.0324. The van der Waals surface area contributed by atoms with E-state index in [-0.39, 0.29) is 10.8 Å². The molecule has 0 saturated carbocycles. The van der Waals surface area contributed by atoms with E-state index in [9.17, 15) is 0 Å². The lowest BCUT2D eigenvalue weighted by molar-refractivity contribution is 0.506. The van der Waals surface area contributed by atoms with Gasteiger partial charge in [-0.05, 0) is 45.4 Å². The van der Waals surface area contributed by atoms with Crippen molar-refractivity contribution in [3.63, 3.8) is 0 Å². The molecule has 0 aliphatic carbocycles. The van der Waals surface area contributed by atoms with Crippen LogP contribution in [0.25, 0.3) is 0 Å². The summed E-state index contributed by atoms with van der Waals surface area (Å²) in [4.78, 5) is 0. The molecule has 0 bridgehead atoms. The van der Waals surface area contributed by atoms with Gasteiger partial charge in [0.05, 0.1) is 5.38 Å². The van der Waals surface area contributed by atoms with Crippen molar-refractivity contribution in [3.8, 4) is 0 Å². The van der Waals surface area contributed by atoms with E-state index in [1.54, 1.807) is 11.3 Å². The molecule has 0 fully saturated rings. The highest BCUT2D eigenvalue weighted by molar-refractivity contribution is 7.08. The fourth-order valence-corrected chi connectivity index (χ4v) is 2.96. The fraction of sp³-hybridized carbons (Fsp3) is 0.375. The molecular formula is C16H19ClS. The van der Waals surface area contributed by atoms with Crippen LogP contribution in [0.15, 0.2) is 41.1 Å². The van der Waals surface area contributed by atoms with Gasteiger partial charge in [0, 0.05) is 0 Å². The highest BCUT2D eigenvalue weighted by atomic mass is 35.5. The van der Waals surface area contributed by atoms with Crippen LogP contribution in [0.1, 0.15) is 49.3 Å². The fourth-order valence-electron chi connectivity index (χ4n) is 1.92. The Hall–Kier alpha value is -0.790. The van der Waals surface area contributed by atoms with Gasteiger partial charge in [0.1, 0.15) is 0 Å². The Balaban J connectivity index is 2.23. The van der Waals surface area contributed by atoms with Crippen molar-refractivity contribution in [2.75, 3.05) is 0 Å². The van der Waals surface area contributed by atoms with Crippen LogP contribution in [-0.4, -0.2) is 0 Å². The minimum Gasteiger partial charge on any atom is -0.152 e. The SMILES string of the molecule is CCC(C)(C)c1ccc(C(Cl)c2ccsc2)cc1. The molecule has 18 heavy (non-hydrogen) atoms. The van der Waals surface area contributed by atoms with Gasteiger partial charge in [-0.15, -0.1) is 11.6 Å². The number of rotatable bonds is 4. The molecular weight excluding hydrogens is 260 g/mol. The summed E-state index contributed by atoms with van der Waals surface area (Å²) < 4.78 is 0. The van der Waals surface area contributed by atoms with Crippen LogP contribution in [-0.2, 0) is 5.41 Å². The Kier molecular flexibility index (Phi) is 4.14. The summed E-state index contributed by atoms with van der Waals surface area (Å²) in [7, 11) is 0. The lowest BCUT2D eigenvalue weighted by Crippen LogP contribution is -2.15. The normalized spacial score (nSPS) is 13.6. The van der Waals surface area contributed by atoms with E-state index in [4.69, 9.17) is 11.6 Å². The highest BCUT2D eigenvalue weighted by Gasteiger charge is 2.18. The van der Waals surface area contributed by atoms with E-state index in [2.05, 4.69) is 61.9 Å². The first-order valence-corrected chi connectivity index (χ1v) is 7.69. The van der Waals surface area contributed by atoms with Crippen LogP contribution in [0.4, 0.5) is 0 Å². The van der Waals surface area contributed by atoms with Crippen molar-refractivity contribution in [1.82, 2.24) is 0 Å². The zero-order valence-corrected chi connectivity index (χ0v) is 12.7. The summed E-state index contributed by atoms with van der Waals surface area (Å²) in [5.41, 5.74) is 3.97. The first kappa shape index (κ1) is 13.6. The molecule has 1 aromatic carbocycles. The van der Waals surface area contributed by atoms with E-state index in [0.717, 1.165) is 6.42 Å². The molecule has 0 amide bonds. The number of hydrogen-bond acceptors (Lipinski definition) is 1. The van der Waals surface area contributed by atoms with Crippen LogP contribution in [0.5, 0.6) is 0 Å². The Morgan fingerprint density at radius 3 is 2.28 bits per heavy atom. The van der Waals surface area contributed by atoms with Crippen LogP contribution in [0, 0.1) is 0 Å². The smallest absolute Gasteiger partial charge is 0.0843 e. The first-order valence-electron chi connectivity index (χ1n) is 6.31.